The maximum absolute atomic E-state index is 12.5. The van der Waals surface area contributed by atoms with Gasteiger partial charge in [0.1, 0.15) is 5.58 Å². The highest BCUT2D eigenvalue weighted by atomic mass is 16.5. The van der Waals surface area contributed by atoms with E-state index in [-0.39, 0.29) is 6.42 Å². The molecule has 160 valence electrons. The molecular weight excluding hydrogens is 382 g/mol. The molecule has 0 aliphatic rings. The number of carbonyl (C=O) groups is 2. The van der Waals surface area contributed by atoms with Crippen molar-refractivity contribution in [3.63, 3.8) is 0 Å². The van der Waals surface area contributed by atoms with Gasteiger partial charge in [-0.15, -0.1) is 0 Å². The van der Waals surface area contributed by atoms with Gasteiger partial charge < -0.3 is 14.5 Å². The van der Waals surface area contributed by atoms with Crippen molar-refractivity contribution in [3.8, 4) is 0 Å². The van der Waals surface area contributed by atoms with E-state index in [1.165, 1.54) is 5.56 Å². The Hall–Kier alpha value is -3.09. The fourth-order valence-electron chi connectivity index (χ4n) is 3.63. The molecule has 1 amide bonds. The number of aryl methyl sites for hydroxylation is 3. The summed E-state index contributed by atoms with van der Waals surface area (Å²) >= 11 is 0. The van der Waals surface area contributed by atoms with E-state index in [1.54, 1.807) is 17.9 Å². The molecule has 1 unspecified atom stereocenters. The van der Waals surface area contributed by atoms with E-state index in [4.69, 9.17) is 9.15 Å². The predicted molar refractivity (Wildman–Crippen MR) is 116 cm³/mol. The summed E-state index contributed by atoms with van der Waals surface area (Å²) in [5.41, 5.74) is 6.06. The Kier molecular flexibility index (Phi) is 6.01. The second-order valence-electron chi connectivity index (χ2n) is 8.09. The van der Waals surface area contributed by atoms with E-state index < -0.39 is 18.0 Å². The van der Waals surface area contributed by atoms with Crippen LogP contribution in [0.1, 0.15) is 54.8 Å². The molecule has 0 aliphatic heterocycles. The highest BCUT2D eigenvalue weighted by Crippen LogP contribution is 2.29. The van der Waals surface area contributed by atoms with Crippen LogP contribution in [0.4, 0.5) is 5.69 Å². The average molecular weight is 412 g/mol. The lowest BCUT2D eigenvalue weighted by Gasteiger charge is -2.14. The molecule has 0 saturated carbocycles. The zero-order valence-electron chi connectivity index (χ0n) is 18.6. The molecule has 2 aromatic heterocycles. The second-order valence-corrected chi connectivity index (χ2v) is 8.09. The Morgan fingerprint density at radius 2 is 1.90 bits per heavy atom. The maximum Gasteiger partial charge on any atom is 0.311 e. The number of fused-ring (bicyclic) bond motifs is 1. The topological polar surface area (TPSA) is 86.4 Å². The first-order chi connectivity index (χ1) is 14.1. The van der Waals surface area contributed by atoms with Crippen LogP contribution in [-0.2, 0) is 27.8 Å². The molecule has 7 nitrogen and oxygen atoms in total. The number of rotatable bonds is 6. The van der Waals surface area contributed by atoms with E-state index in [0.717, 1.165) is 27.8 Å². The van der Waals surface area contributed by atoms with Crippen LogP contribution in [0, 0.1) is 20.8 Å². The summed E-state index contributed by atoms with van der Waals surface area (Å²) in [7, 11) is 1.81. The number of nitrogens with zero attached hydrogens (tertiary/aromatic N) is 2. The zero-order valence-corrected chi connectivity index (χ0v) is 18.6. The lowest BCUT2D eigenvalue weighted by atomic mass is 9.95. The highest BCUT2D eigenvalue weighted by Gasteiger charge is 2.22. The summed E-state index contributed by atoms with van der Waals surface area (Å²) in [4.78, 5) is 25.0. The number of esters is 1. The van der Waals surface area contributed by atoms with Gasteiger partial charge in [0, 0.05) is 18.0 Å². The minimum atomic E-state index is -0.928. The first kappa shape index (κ1) is 21.6. The van der Waals surface area contributed by atoms with E-state index in [0.29, 0.717) is 17.3 Å². The van der Waals surface area contributed by atoms with Crippen molar-refractivity contribution < 1.29 is 18.7 Å². The fraction of sp³-hybridized carbons (Fsp3) is 0.435. The molecule has 0 aliphatic carbocycles. The third kappa shape index (κ3) is 4.25. The Balaban J connectivity index is 1.69. The van der Waals surface area contributed by atoms with Gasteiger partial charge >= 0.3 is 5.97 Å². The highest BCUT2D eigenvalue weighted by molar-refractivity contribution is 5.96. The number of amides is 1. The SMILES string of the molecule is Cc1cc2occ(CC(=O)OC(C)C(=O)Nc3c(C)nn(C)c3C)c2cc1C(C)C. The van der Waals surface area contributed by atoms with E-state index >= 15 is 0 Å². The quantitative estimate of drug-likeness (QED) is 0.610. The van der Waals surface area contributed by atoms with Crippen LogP contribution >= 0.6 is 0 Å². The minimum absolute atomic E-state index is 0.0379. The van der Waals surface area contributed by atoms with Crippen molar-refractivity contribution in [2.24, 2.45) is 7.05 Å². The summed E-state index contributed by atoms with van der Waals surface area (Å²) in [6, 6.07) is 4.07. The first-order valence-electron chi connectivity index (χ1n) is 10.1. The molecule has 7 heteroatoms. The van der Waals surface area contributed by atoms with E-state index in [1.807, 2.05) is 27.0 Å². The van der Waals surface area contributed by atoms with E-state index in [2.05, 4.69) is 37.3 Å². The average Bonchev–Trinajstić information content (AvgIpc) is 3.15. The van der Waals surface area contributed by atoms with Crippen LogP contribution in [0.3, 0.4) is 0 Å². The number of hydrogen-bond acceptors (Lipinski definition) is 5. The Morgan fingerprint density at radius 3 is 2.50 bits per heavy atom. The minimum Gasteiger partial charge on any atom is -0.464 e. The van der Waals surface area contributed by atoms with Crippen molar-refractivity contribution in [2.45, 2.75) is 60.0 Å². The number of benzene rings is 1. The number of furan rings is 1. The molecule has 1 N–H and O–H groups in total. The van der Waals surface area contributed by atoms with Gasteiger partial charge in [-0.2, -0.15) is 5.10 Å². The molecule has 0 saturated heterocycles. The Morgan fingerprint density at radius 1 is 1.20 bits per heavy atom. The number of anilines is 1. The van der Waals surface area contributed by atoms with Crippen LogP contribution < -0.4 is 5.32 Å². The van der Waals surface area contributed by atoms with Crippen molar-refractivity contribution >= 4 is 28.5 Å². The molecular formula is C23H29N3O4. The number of ether oxygens (including phenoxy) is 1. The second kappa shape index (κ2) is 8.34. The fourth-order valence-corrected chi connectivity index (χ4v) is 3.63. The van der Waals surface area contributed by atoms with Crippen LogP contribution in [-0.4, -0.2) is 27.8 Å². The molecule has 1 aromatic carbocycles. The molecule has 0 radical (unpaired) electrons. The summed E-state index contributed by atoms with van der Waals surface area (Å²) in [6.07, 6.45) is 0.696. The largest absolute Gasteiger partial charge is 0.464 e. The Bertz CT molecular complexity index is 1110. The van der Waals surface area contributed by atoms with Gasteiger partial charge in [-0.3, -0.25) is 14.3 Å². The number of carbonyl (C=O) groups excluding carboxylic acids is 2. The third-order valence-electron chi connectivity index (χ3n) is 5.43. The molecule has 1 atom stereocenters. The van der Waals surface area contributed by atoms with Crippen LogP contribution in [0.5, 0.6) is 0 Å². The van der Waals surface area contributed by atoms with Crippen LogP contribution in [0.25, 0.3) is 11.0 Å². The van der Waals surface area contributed by atoms with E-state index in [9.17, 15) is 9.59 Å². The summed E-state index contributed by atoms with van der Waals surface area (Å²) < 4.78 is 12.7. The van der Waals surface area contributed by atoms with Crippen LogP contribution in [0.15, 0.2) is 22.8 Å². The molecule has 3 aromatic rings. The Labute approximate surface area is 176 Å². The van der Waals surface area contributed by atoms with Gasteiger partial charge in [-0.25, -0.2) is 0 Å². The van der Waals surface area contributed by atoms with Crippen molar-refractivity contribution in [1.82, 2.24) is 9.78 Å². The summed E-state index contributed by atoms with van der Waals surface area (Å²) in [5, 5.41) is 7.98. The number of hydrogen-bond donors (Lipinski definition) is 1. The van der Waals surface area contributed by atoms with Crippen LogP contribution in [0.2, 0.25) is 0 Å². The monoisotopic (exact) mass is 411 g/mol. The van der Waals surface area contributed by atoms with Crippen molar-refractivity contribution in [1.29, 1.82) is 0 Å². The summed E-state index contributed by atoms with van der Waals surface area (Å²) in [5.74, 6) is -0.504. The number of aromatic nitrogens is 2. The molecule has 30 heavy (non-hydrogen) atoms. The first-order valence-corrected chi connectivity index (χ1v) is 10.1. The molecule has 0 bridgehead atoms. The molecule has 2 heterocycles. The molecule has 3 rings (SSSR count). The van der Waals surface area contributed by atoms with Crippen molar-refractivity contribution in [3.05, 3.63) is 46.5 Å². The van der Waals surface area contributed by atoms with Gasteiger partial charge in [0.15, 0.2) is 6.10 Å². The standard InChI is InChI=1S/C23H29N3O4/c1-12(2)18-10-19-17(11-29-20(19)8-13(18)3)9-21(27)30-16(6)23(28)24-22-14(4)25-26(7)15(22)5/h8,10-12,16H,9H2,1-7H3,(H,24,28). The lowest BCUT2D eigenvalue weighted by molar-refractivity contribution is -0.152. The zero-order chi connectivity index (χ0) is 22.2. The lowest BCUT2D eigenvalue weighted by Crippen LogP contribution is -2.30. The predicted octanol–water partition coefficient (Wildman–Crippen LogP) is 4.33. The van der Waals surface area contributed by atoms with Gasteiger partial charge in [-0.1, -0.05) is 13.8 Å². The van der Waals surface area contributed by atoms with Gasteiger partial charge in [0.25, 0.3) is 5.91 Å². The summed E-state index contributed by atoms with van der Waals surface area (Å²) in [6.45, 7) is 11.6. The van der Waals surface area contributed by atoms with Gasteiger partial charge in [0.2, 0.25) is 0 Å². The van der Waals surface area contributed by atoms with Gasteiger partial charge in [0.05, 0.1) is 29.8 Å². The maximum atomic E-state index is 12.5. The molecule has 0 spiro atoms. The normalized spacial score (nSPS) is 12.4. The third-order valence-corrected chi connectivity index (χ3v) is 5.43. The van der Waals surface area contributed by atoms with Crippen molar-refractivity contribution in [2.75, 3.05) is 5.32 Å². The number of nitrogens with one attached hydrogen (secondary N) is 1. The van der Waals surface area contributed by atoms with Gasteiger partial charge in [-0.05, 0) is 56.9 Å². The smallest absolute Gasteiger partial charge is 0.311 e. The molecule has 0 fully saturated rings.